The topological polar surface area (TPSA) is 118 Å². The van der Waals surface area contributed by atoms with Crippen LogP contribution in [0, 0.1) is 0 Å². The van der Waals surface area contributed by atoms with Gasteiger partial charge < -0.3 is 5.73 Å². The van der Waals surface area contributed by atoms with Gasteiger partial charge in [0.15, 0.2) is 5.65 Å². The minimum atomic E-state index is -0.272. The molecule has 8 heteroatoms. The Morgan fingerprint density at radius 1 is 1.24 bits per heavy atom. The molecule has 1 aromatic carbocycles. The largest absolute Gasteiger partial charge is 0.369 e. The molecule has 4 N–H and O–H groups in total. The lowest BCUT2D eigenvalue weighted by molar-refractivity contribution is 0.792. The number of nitrogen functional groups attached to an aromatic ring is 1. The van der Waals surface area contributed by atoms with Gasteiger partial charge in [-0.1, -0.05) is 12.1 Å². The smallest absolute Gasteiger partial charge is 0.263 e. The van der Waals surface area contributed by atoms with Crippen molar-refractivity contribution in [3.63, 3.8) is 0 Å². The molecule has 4 aromatic rings. The van der Waals surface area contributed by atoms with E-state index in [9.17, 15) is 4.79 Å². The van der Waals surface area contributed by atoms with Gasteiger partial charge in [-0.2, -0.15) is 15.2 Å². The predicted octanol–water partition coefficient (Wildman–Crippen LogP) is 1.49. The second-order valence-corrected chi connectivity index (χ2v) is 6.33. The molecule has 0 bridgehead atoms. The Balaban J connectivity index is 1.68. The van der Waals surface area contributed by atoms with Crippen LogP contribution in [0.2, 0.25) is 0 Å². The van der Waals surface area contributed by atoms with Gasteiger partial charge in [0, 0.05) is 17.8 Å². The Kier molecular flexibility index (Phi) is 2.68. The molecule has 5 rings (SSSR count). The van der Waals surface area contributed by atoms with Crippen LogP contribution in [0.3, 0.4) is 0 Å². The number of benzene rings is 1. The zero-order chi connectivity index (χ0) is 17.0. The third-order valence-corrected chi connectivity index (χ3v) is 4.82. The monoisotopic (exact) mass is 333 g/mol. The summed E-state index contributed by atoms with van der Waals surface area (Å²) in [6.45, 7) is 0. The van der Waals surface area contributed by atoms with E-state index >= 15 is 0 Å². The van der Waals surface area contributed by atoms with Crippen LogP contribution in [0.5, 0.6) is 0 Å². The van der Waals surface area contributed by atoms with E-state index in [1.54, 1.807) is 6.20 Å². The van der Waals surface area contributed by atoms with Crippen LogP contribution in [0.25, 0.3) is 16.7 Å². The molecular formula is C17H15N7O. The van der Waals surface area contributed by atoms with Crippen molar-refractivity contribution >= 4 is 17.0 Å². The van der Waals surface area contributed by atoms with E-state index in [0.29, 0.717) is 11.0 Å². The summed E-state index contributed by atoms with van der Waals surface area (Å²) in [5.41, 5.74) is 8.33. The number of H-pyrrole nitrogens is 2. The number of fused-ring (bicyclic) bond motifs is 1. The highest BCUT2D eigenvalue weighted by atomic mass is 16.1. The summed E-state index contributed by atoms with van der Waals surface area (Å²) in [5.74, 6) is 0.0817. The van der Waals surface area contributed by atoms with Crippen molar-refractivity contribution in [3.8, 4) is 5.69 Å². The molecular weight excluding hydrogens is 318 g/mol. The number of rotatable bonds is 3. The molecule has 0 aliphatic heterocycles. The summed E-state index contributed by atoms with van der Waals surface area (Å²) in [7, 11) is 0. The number of hydrogen-bond acceptors (Lipinski definition) is 5. The third kappa shape index (κ3) is 2.00. The van der Waals surface area contributed by atoms with Crippen molar-refractivity contribution in [1.29, 1.82) is 0 Å². The van der Waals surface area contributed by atoms with E-state index in [0.717, 1.165) is 29.8 Å². The minimum Gasteiger partial charge on any atom is -0.369 e. The summed E-state index contributed by atoms with van der Waals surface area (Å²) in [6, 6.07) is 10.1. The lowest BCUT2D eigenvalue weighted by Crippen LogP contribution is -2.16. The standard InChI is InChI=1S/C17H15N7O/c18-16-20-14-12(15(25)21-16)13(22-23-14)17(5-6-17)10-3-1-4-11(9-10)24-8-2-7-19-24/h1-4,7-9H,5-6H2,(H4,18,20,21,22,23,25). The number of aromatic nitrogens is 6. The summed E-state index contributed by atoms with van der Waals surface area (Å²) in [4.78, 5) is 19.1. The fourth-order valence-electron chi connectivity index (χ4n) is 3.46. The summed E-state index contributed by atoms with van der Waals surface area (Å²) >= 11 is 0. The summed E-state index contributed by atoms with van der Waals surface area (Å²) in [5, 5.41) is 12.0. The summed E-state index contributed by atoms with van der Waals surface area (Å²) in [6.07, 6.45) is 5.51. The van der Waals surface area contributed by atoms with Gasteiger partial charge in [0.05, 0.1) is 11.4 Å². The zero-order valence-corrected chi connectivity index (χ0v) is 13.2. The van der Waals surface area contributed by atoms with Crippen LogP contribution in [-0.4, -0.2) is 29.9 Å². The van der Waals surface area contributed by atoms with Gasteiger partial charge in [0.2, 0.25) is 5.95 Å². The predicted molar refractivity (Wildman–Crippen MR) is 92.5 cm³/mol. The first-order valence-corrected chi connectivity index (χ1v) is 8.02. The highest BCUT2D eigenvalue weighted by Crippen LogP contribution is 2.54. The van der Waals surface area contributed by atoms with Crippen LogP contribution in [-0.2, 0) is 5.41 Å². The molecule has 124 valence electrons. The number of anilines is 1. The molecule has 0 spiro atoms. The molecule has 0 unspecified atom stereocenters. The zero-order valence-electron chi connectivity index (χ0n) is 13.2. The van der Waals surface area contributed by atoms with E-state index in [1.165, 1.54) is 0 Å². The van der Waals surface area contributed by atoms with Gasteiger partial charge in [0.1, 0.15) is 5.39 Å². The van der Waals surface area contributed by atoms with Gasteiger partial charge in [-0.05, 0) is 36.6 Å². The molecule has 25 heavy (non-hydrogen) atoms. The Hall–Kier alpha value is -3.42. The first-order valence-electron chi connectivity index (χ1n) is 8.02. The van der Waals surface area contributed by atoms with Crippen molar-refractivity contribution in [2.24, 2.45) is 0 Å². The van der Waals surface area contributed by atoms with Gasteiger partial charge >= 0.3 is 0 Å². The van der Waals surface area contributed by atoms with Crippen LogP contribution in [0.15, 0.2) is 47.5 Å². The molecule has 0 saturated heterocycles. The fourth-order valence-corrected chi connectivity index (χ4v) is 3.46. The molecule has 3 aromatic heterocycles. The molecule has 1 saturated carbocycles. The molecule has 0 atom stereocenters. The number of aromatic amines is 2. The molecule has 3 heterocycles. The quantitative estimate of drug-likeness (QED) is 0.525. The maximum Gasteiger partial charge on any atom is 0.263 e. The van der Waals surface area contributed by atoms with Crippen LogP contribution in [0.1, 0.15) is 24.1 Å². The molecule has 1 aliphatic carbocycles. The highest BCUT2D eigenvalue weighted by molar-refractivity contribution is 5.80. The molecule has 1 fully saturated rings. The lowest BCUT2D eigenvalue weighted by atomic mass is 9.90. The maximum absolute atomic E-state index is 12.4. The van der Waals surface area contributed by atoms with Crippen molar-refractivity contribution in [3.05, 3.63) is 64.3 Å². The third-order valence-electron chi connectivity index (χ3n) is 4.82. The Morgan fingerprint density at radius 3 is 2.88 bits per heavy atom. The van der Waals surface area contributed by atoms with Crippen LogP contribution < -0.4 is 11.3 Å². The number of nitrogens with one attached hydrogen (secondary N) is 2. The number of nitrogens with zero attached hydrogens (tertiary/aromatic N) is 4. The van der Waals surface area contributed by atoms with E-state index in [4.69, 9.17) is 5.73 Å². The lowest BCUT2D eigenvalue weighted by Gasteiger charge is -2.15. The Labute approximate surface area is 141 Å². The second kappa shape index (κ2) is 4.79. The molecule has 1 aliphatic rings. The maximum atomic E-state index is 12.4. The van der Waals surface area contributed by atoms with E-state index in [2.05, 4.69) is 37.4 Å². The number of hydrogen-bond donors (Lipinski definition) is 3. The molecule has 0 amide bonds. The van der Waals surface area contributed by atoms with Gasteiger partial charge in [-0.3, -0.25) is 14.9 Å². The van der Waals surface area contributed by atoms with Crippen molar-refractivity contribution in [2.45, 2.75) is 18.3 Å². The Bertz CT molecular complexity index is 1140. The average Bonchev–Trinajstić information content (AvgIpc) is 3.04. The van der Waals surface area contributed by atoms with Crippen LogP contribution in [0.4, 0.5) is 5.95 Å². The van der Waals surface area contributed by atoms with Gasteiger partial charge in [-0.25, -0.2) is 4.68 Å². The molecule has 0 radical (unpaired) electrons. The normalized spacial score (nSPS) is 15.5. The van der Waals surface area contributed by atoms with Gasteiger partial charge in [-0.15, -0.1) is 0 Å². The van der Waals surface area contributed by atoms with Gasteiger partial charge in [0.25, 0.3) is 5.56 Å². The average molecular weight is 333 g/mol. The second-order valence-electron chi connectivity index (χ2n) is 6.33. The summed E-state index contributed by atoms with van der Waals surface area (Å²) < 4.78 is 1.82. The highest BCUT2D eigenvalue weighted by Gasteiger charge is 2.49. The van der Waals surface area contributed by atoms with E-state index in [-0.39, 0.29) is 16.9 Å². The molecule has 8 nitrogen and oxygen atoms in total. The minimum absolute atomic E-state index is 0.0817. The van der Waals surface area contributed by atoms with Crippen LogP contribution >= 0.6 is 0 Å². The van der Waals surface area contributed by atoms with E-state index in [1.807, 2.05) is 29.1 Å². The van der Waals surface area contributed by atoms with Crippen molar-refractivity contribution in [2.75, 3.05) is 5.73 Å². The first kappa shape index (κ1) is 14.0. The SMILES string of the molecule is Nc1nc2[nH]nc(C3(c4cccc(-n5cccn5)c4)CC3)c2c(=O)[nH]1. The van der Waals surface area contributed by atoms with Crippen molar-refractivity contribution in [1.82, 2.24) is 29.9 Å². The fraction of sp³-hybridized carbons (Fsp3) is 0.176. The Morgan fingerprint density at radius 2 is 2.12 bits per heavy atom. The van der Waals surface area contributed by atoms with E-state index < -0.39 is 0 Å². The van der Waals surface area contributed by atoms with Crippen molar-refractivity contribution < 1.29 is 0 Å². The number of nitrogens with two attached hydrogens (primary N) is 1. The first-order chi connectivity index (χ1) is 12.2.